The van der Waals surface area contributed by atoms with Crippen LogP contribution >= 0.6 is 11.3 Å². The molecule has 0 saturated heterocycles. The molecule has 0 radical (unpaired) electrons. The maximum absolute atomic E-state index is 13.0. The van der Waals surface area contributed by atoms with Gasteiger partial charge < -0.3 is 5.73 Å². The van der Waals surface area contributed by atoms with Gasteiger partial charge in [-0.25, -0.2) is 12.8 Å². The van der Waals surface area contributed by atoms with Crippen LogP contribution < -0.4 is 10.5 Å². The highest BCUT2D eigenvalue weighted by atomic mass is 32.2. The molecule has 0 bridgehead atoms. The van der Waals surface area contributed by atoms with Crippen LogP contribution in [-0.4, -0.2) is 8.42 Å². The number of nitrogens with two attached hydrogens (primary N) is 1. The number of nitrogens with one attached hydrogen (secondary N) is 1. The van der Waals surface area contributed by atoms with E-state index in [0.717, 1.165) is 0 Å². The first kappa shape index (κ1) is 14.0. The molecule has 2 rings (SSSR count). The van der Waals surface area contributed by atoms with E-state index in [0.29, 0.717) is 16.1 Å². The summed E-state index contributed by atoms with van der Waals surface area (Å²) in [5, 5.41) is 1.67. The first-order chi connectivity index (χ1) is 8.94. The second kappa shape index (κ2) is 5.28. The third-order valence-corrected chi connectivity index (χ3v) is 5.13. The van der Waals surface area contributed by atoms with Crippen molar-refractivity contribution in [2.75, 3.05) is 4.72 Å². The van der Waals surface area contributed by atoms with Crippen LogP contribution in [0.15, 0.2) is 34.5 Å². The van der Waals surface area contributed by atoms with Gasteiger partial charge in [-0.3, -0.25) is 4.72 Å². The van der Waals surface area contributed by atoms with Gasteiger partial charge in [-0.15, -0.1) is 11.3 Å². The molecule has 19 heavy (non-hydrogen) atoms. The number of aryl methyl sites for hydroxylation is 1. The van der Waals surface area contributed by atoms with Crippen LogP contribution in [0, 0.1) is 12.7 Å². The zero-order valence-electron chi connectivity index (χ0n) is 10.2. The van der Waals surface area contributed by atoms with Gasteiger partial charge in [-0.2, -0.15) is 0 Å². The van der Waals surface area contributed by atoms with Crippen LogP contribution in [0.3, 0.4) is 0 Å². The third kappa shape index (κ3) is 2.94. The number of hydrogen-bond donors (Lipinski definition) is 2. The Morgan fingerprint density at radius 2 is 2.11 bits per heavy atom. The van der Waals surface area contributed by atoms with E-state index in [1.54, 1.807) is 12.3 Å². The lowest BCUT2D eigenvalue weighted by Crippen LogP contribution is -2.15. The van der Waals surface area contributed by atoms with Gasteiger partial charge in [-0.05, 0) is 42.1 Å². The van der Waals surface area contributed by atoms with Crippen molar-refractivity contribution >= 4 is 27.0 Å². The van der Waals surface area contributed by atoms with Crippen LogP contribution in [0.4, 0.5) is 10.1 Å². The number of thiophene rings is 1. The Morgan fingerprint density at radius 1 is 1.37 bits per heavy atom. The molecule has 1 heterocycles. The minimum absolute atomic E-state index is 0.163. The molecule has 0 spiro atoms. The summed E-state index contributed by atoms with van der Waals surface area (Å²) in [5.41, 5.74) is 6.38. The summed E-state index contributed by atoms with van der Waals surface area (Å²) in [4.78, 5) is 0.760. The van der Waals surface area contributed by atoms with Crippen LogP contribution in [0.1, 0.15) is 10.4 Å². The Labute approximate surface area is 115 Å². The summed E-state index contributed by atoms with van der Waals surface area (Å²) < 4.78 is 39.9. The van der Waals surface area contributed by atoms with Crippen molar-refractivity contribution in [3.8, 4) is 0 Å². The fraction of sp³-hybridized carbons (Fsp3) is 0.167. The number of anilines is 1. The first-order valence-electron chi connectivity index (χ1n) is 5.49. The van der Waals surface area contributed by atoms with E-state index in [2.05, 4.69) is 4.72 Å². The summed E-state index contributed by atoms with van der Waals surface area (Å²) in [6, 6.07) is 5.39. The predicted octanol–water partition coefficient (Wildman–Crippen LogP) is 2.46. The monoisotopic (exact) mass is 300 g/mol. The fourth-order valence-corrected chi connectivity index (χ4v) is 4.13. The molecule has 0 amide bonds. The lowest BCUT2D eigenvalue weighted by molar-refractivity contribution is 0.600. The van der Waals surface area contributed by atoms with Crippen LogP contribution in [0.2, 0.25) is 0 Å². The molecule has 0 aliphatic rings. The molecule has 0 atom stereocenters. The quantitative estimate of drug-likeness (QED) is 0.911. The molecule has 0 unspecified atom stereocenters. The lowest BCUT2D eigenvalue weighted by Gasteiger charge is -2.10. The van der Waals surface area contributed by atoms with E-state index in [-0.39, 0.29) is 11.4 Å². The topological polar surface area (TPSA) is 72.2 Å². The van der Waals surface area contributed by atoms with E-state index in [1.807, 2.05) is 0 Å². The highest BCUT2D eigenvalue weighted by molar-refractivity contribution is 7.93. The second-order valence-corrected chi connectivity index (χ2v) is 6.63. The van der Waals surface area contributed by atoms with Crippen molar-refractivity contribution in [1.29, 1.82) is 0 Å². The van der Waals surface area contributed by atoms with Crippen molar-refractivity contribution in [3.63, 3.8) is 0 Å². The van der Waals surface area contributed by atoms with E-state index in [4.69, 9.17) is 5.73 Å². The Hall–Kier alpha value is -1.44. The smallest absolute Gasteiger partial charge is 0.263 e. The lowest BCUT2D eigenvalue weighted by atomic mass is 10.2. The minimum Gasteiger partial charge on any atom is -0.326 e. The molecular weight excluding hydrogens is 287 g/mol. The van der Waals surface area contributed by atoms with Gasteiger partial charge in [-0.1, -0.05) is 0 Å². The Balaban J connectivity index is 2.37. The van der Waals surface area contributed by atoms with Gasteiger partial charge in [0.15, 0.2) is 0 Å². The average molecular weight is 300 g/mol. The molecule has 102 valence electrons. The molecule has 4 nitrogen and oxygen atoms in total. The maximum Gasteiger partial charge on any atom is 0.263 e. The van der Waals surface area contributed by atoms with Crippen molar-refractivity contribution in [2.45, 2.75) is 18.4 Å². The molecule has 0 saturated carbocycles. The third-order valence-electron chi connectivity index (χ3n) is 2.61. The number of hydrogen-bond acceptors (Lipinski definition) is 4. The van der Waals surface area contributed by atoms with Gasteiger partial charge in [0.1, 0.15) is 10.7 Å². The summed E-state index contributed by atoms with van der Waals surface area (Å²) in [5.74, 6) is -0.404. The molecule has 2 aromatic rings. The molecule has 7 heteroatoms. The van der Waals surface area contributed by atoms with Gasteiger partial charge in [0.05, 0.1) is 5.69 Å². The predicted molar refractivity (Wildman–Crippen MR) is 74.2 cm³/mol. The standard InChI is InChI=1S/C12H13FN2O2S2/c1-8-6-9(13)2-3-10(8)15-19(16,17)12-4-5-18-11(12)7-14/h2-6,15H,7,14H2,1H3. The molecule has 0 aliphatic carbocycles. The van der Waals surface area contributed by atoms with E-state index in [9.17, 15) is 12.8 Å². The Morgan fingerprint density at radius 3 is 2.74 bits per heavy atom. The Kier molecular flexibility index (Phi) is 3.88. The van der Waals surface area contributed by atoms with Crippen molar-refractivity contribution in [2.24, 2.45) is 5.73 Å². The van der Waals surface area contributed by atoms with Crippen LogP contribution in [0.25, 0.3) is 0 Å². The van der Waals surface area contributed by atoms with Crippen molar-refractivity contribution in [1.82, 2.24) is 0 Å². The highest BCUT2D eigenvalue weighted by Crippen LogP contribution is 2.25. The first-order valence-corrected chi connectivity index (χ1v) is 7.86. The van der Waals surface area contributed by atoms with Gasteiger partial charge in [0.25, 0.3) is 10.0 Å². The normalized spacial score (nSPS) is 11.5. The van der Waals surface area contributed by atoms with E-state index in [1.165, 1.54) is 35.6 Å². The second-order valence-electron chi connectivity index (χ2n) is 3.98. The number of rotatable bonds is 4. The van der Waals surface area contributed by atoms with Crippen LogP contribution in [-0.2, 0) is 16.6 Å². The number of benzene rings is 1. The van der Waals surface area contributed by atoms with Gasteiger partial charge >= 0.3 is 0 Å². The van der Waals surface area contributed by atoms with Crippen molar-refractivity contribution < 1.29 is 12.8 Å². The average Bonchev–Trinajstić information content (AvgIpc) is 2.82. The molecule has 3 N–H and O–H groups in total. The van der Waals surface area contributed by atoms with E-state index >= 15 is 0 Å². The highest BCUT2D eigenvalue weighted by Gasteiger charge is 2.19. The summed E-state index contributed by atoms with van der Waals surface area (Å²) >= 11 is 1.29. The minimum atomic E-state index is -3.69. The van der Waals surface area contributed by atoms with Gasteiger partial charge in [0.2, 0.25) is 0 Å². The van der Waals surface area contributed by atoms with Crippen LogP contribution in [0.5, 0.6) is 0 Å². The zero-order valence-corrected chi connectivity index (χ0v) is 11.8. The van der Waals surface area contributed by atoms with Crippen molar-refractivity contribution in [3.05, 3.63) is 45.9 Å². The summed E-state index contributed by atoms with van der Waals surface area (Å²) in [6.45, 7) is 1.80. The molecule has 1 aromatic carbocycles. The summed E-state index contributed by atoms with van der Waals surface area (Å²) in [6.07, 6.45) is 0. The number of halogens is 1. The largest absolute Gasteiger partial charge is 0.326 e. The fourth-order valence-electron chi connectivity index (χ4n) is 1.66. The maximum atomic E-state index is 13.0. The van der Waals surface area contributed by atoms with E-state index < -0.39 is 15.8 Å². The number of sulfonamides is 1. The SMILES string of the molecule is Cc1cc(F)ccc1NS(=O)(=O)c1ccsc1CN. The molecular formula is C12H13FN2O2S2. The summed E-state index contributed by atoms with van der Waals surface area (Å²) in [7, 11) is -3.69. The molecule has 0 fully saturated rings. The molecule has 0 aliphatic heterocycles. The van der Waals surface area contributed by atoms with Gasteiger partial charge in [0, 0.05) is 11.4 Å². The zero-order chi connectivity index (χ0) is 14.0. The molecule has 1 aromatic heterocycles. The Bertz CT molecular complexity index is 696.